The number of benzene rings is 3. The van der Waals surface area contributed by atoms with E-state index in [9.17, 15) is 19.5 Å². The van der Waals surface area contributed by atoms with Crippen molar-refractivity contribution in [1.29, 1.82) is 0 Å². The van der Waals surface area contributed by atoms with Gasteiger partial charge in [-0.2, -0.15) is 0 Å². The Balaban J connectivity index is 1.29. The smallest absolute Gasteiger partial charge is 0.250 e. The average molecular weight is 637 g/mol. The second kappa shape index (κ2) is 11.7. The number of likely N-dealkylation sites (tertiary alicyclic amines) is 1. The number of hydrogen-bond donors (Lipinski definition) is 3. The van der Waals surface area contributed by atoms with Crippen LogP contribution >= 0.6 is 15.9 Å². The summed E-state index contributed by atoms with van der Waals surface area (Å²) in [7, 11) is 0. The van der Waals surface area contributed by atoms with Gasteiger partial charge in [-0.05, 0) is 73.4 Å². The van der Waals surface area contributed by atoms with Crippen LogP contribution < -0.4 is 15.4 Å². The first kappa shape index (κ1) is 28.6. The van der Waals surface area contributed by atoms with E-state index in [1.807, 2.05) is 49.4 Å². The van der Waals surface area contributed by atoms with E-state index in [1.54, 1.807) is 29.2 Å². The van der Waals surface area contributed by atoms with E-state index in [0.29, 0.717) is 43.0 Å². The van der Waals surface area contributed by atoms with Crippen LogP contribution in [0.3, 0.4) is 0 Å². The lowest BCUT2D eigenvalue weighted by Crippen LogP contribution is -2.54. The van der Waals surface area contributed by atoms with Crippen LogP contribution in [0.1, 0.15) is 26.2 Å². The summed E-state index contributed by atoms with van der Waals surface area (Å²) in [5.41, 5.74) is 0.0490. The lowest BCUT2D eigenvalue weighted by molar-refractivity contribution is -0.139. The second-order valence-corrected chi connectivity index (χ2v) is 12.3. The molecule has 6 atom stereocenters. The molecule has 1 spiro atoms. The highest BCUT2D eigenvalue weighted by atomic mass is 79.9. The van der Waals surface area contributed by atoms with Crippen molar-refractivity contribution in [3.63, 3.8) is 0 Å². The molecule has 9 nitrogen and oxygen atoms in total. The van der Waals surface area contributed by atoms with Crippen LogP contribution in [0.15, 0.2) is 66.7 Å². The van der Waals surface area contributed by atoms with Crippen LogP contribution in [0.5, 0.6) is 5.75 Å². The zero-order valence-corrected chi connectivity index (χ0v) is 24.9. The van der Waals surface area contributed by atoms with Gasteiger partial charge in [-0.3, -0.25) is 14.4 Å². The molecular weight excluding hydrogens is 602 g/mol. The molecule has 3 aromatic carbocycles. The predicted octanol–water partition coefficient (Wildman–Crippen LogP) is 4.34. The SMILES string of the molecule is CCOc1ccc(NC(=O)[C@H]2[C@H]3C(=O)N(CCCCO)C(C(=O)Nc4ccc5ccccc5c4)C34CC(Br)[C@@H]2O4)cc1. The number of unbranched alkanes of at least 4 members (excludes halogenated alkanes) is 1. The third kappa shape index (κ3) is 4.95. The molecule has 0 radical (unpaired) electrons. The predicted molar refractivity (Wildman–Crippen MR) is 163 cm³/mol. The lowest BCUT2D eigenvalue weighted by atomic mass is 9.70. The van der Waals surface area contributed by atoms with Crippen LogP contribution in [0.2, 0.25) is 0 Å². The Labute approximate surface area is 252 Å². The third-order valence-electron chi connectivity index (χ3n) is 8.60. The monoisotopic (exact) mass is 635 g/mol. The fraction of sp³-hybridized carbons (Fsp3) is 0.406. The number of aliphatic hydroxyl groups is 1. The second-order valence-electron chi connectivity index (χ2n) is 11.1. The van der Waals surface area contributed by atoms with E-state index in [-0.39, 0.29) is 35.7 Å². The largest absolute Gasteiger partial charge is 0.494 e. The van der Waals surface area contributed by atoms with E-state index in [2.05, 4.69) is 26.6 Å². The summed E-state index contributed by atoms with van der Waals surface area (Å²) in [4.78, 5) is 43.3. The Hall–Kier alpha value is -3.47. The number of aliphatic hydroxyl groups excluding tert-OH is 1. The van der Waals surface area contributed by atoms with Gasteiger partial charge in [0.05, 0.1) is 24.5 Å². The van der Waals surface area contributed by atoms with Gasteiger partial charge < -0.3 is 30.1 Å². The Morgan fingerprint density at radius 2 is 1.74 bits per heavy atom. The third-order valence-corrected chi connectivity index (χ3v) is 9.44. The molecule has 3 unspecified atom stereocenters. The zero-order chi connectivity index (χ0) is 29.4. The molecule has 3 heterocycles. The van der Waals surface area contributed by atoms with Gasteiger partial charge in [-0.25, -0.2) is 0 Å². The van der Waals surface area contributed by atoms with Crippen LogP contribution in [-0.2, 0) is 19.1 Å². The molecule has 2 bridgehead atoms. The minimum absolute atomic E-state index is 0.0142. The number of amides is 3. The van der Waals surface area contributed by atoms with Crippen LogP contribution in [0.4, 0.5) is 11.4 Å². The highest BCUT2D eigenvalue weighted by molar-refractivity contribution is 9.09. The van der Waals surface area contributed by atoms with Crippen LogP contribution in [-0.4, -0.2) is 70.1 Å². The van der Waals surface area contributed by atoms with Gasteiger partial charge in [0.15, 0.2) is 0 Å². The first-order valence-corrected chi connectivity index (χ1v) is 15.3. The van der Waals surface area contributed by atoms with Crippen LogP contribution in [0.25, 0.3) is 10.8 Å². The maximum absolute atomic E-state index is 14.1. The molecule has 0 saturated carbocycles. The van der Waals surface area contributed by atoms with Crippen molar-refractivity contribution < 1.29 is 29.0 Å². The number of ether oxygens (including phenoxy) is 2. The molecule has 3 aromatic rings. The zero-order valence-electron chi connectivity index (χ0n) is 23.3. The summed E-state index contributed by atoms with van der Waals surface area (Å²) >= 11 is 3.71. The number of carbonyl (C=O) groups excluding carboxylic acids is 3. The van der Waals surface area contributed by atoms with Crippen molar-refractivity contribution in [2.45, 2.75) is 48.8 Å². The standard InChI is InChI=1S/C32H34BrN3O6/c1-2-41-23-13-11-21(12-14-23)34-29(38)25-26-31(40)36(15-5-6-16-37)28(32(26)18-24(33)27(25)42-32)30(39)35-22-10-9-19-7-3-4-8-20(19)17-22/h3-4,7-14,17,24-28,37H,2,5-6,15-16,18H2,1H3,(H,34,38)(H,35,39)/t24?,25-,26-,27-,28?,32?/m0/s1. The molecule has 220 valence electrons. The van der Waals surface area contributed by atoms with Gasteiger partial charge in [0.2, 0.25) is 17.7 Å². The van der Waals surface area contributed by atoms with Gasteiger partial charge in [0, 0.05) is 29.4 Å². The number of hydrogen-bond acceptors (Lipinski definition) is 6. The Bertz CT molecular complexity index is 1500. The molecule has 0 aliphatic carbocycles. The van der Waals surface area contributed by atoms with E-state index >= 15 is 0 Å². The van der Waals surface area contributed by atoms with Gasteiger partial charge in [-0.1, -0.05) is 46.3 Å². The van der Waals surface area contributed by atoms with Crippen molar-refractivity contribution in [1.82, 2.24) is 4.90 Å². The summed E-state index contributed by atoms with van der Waals surface area (Å²) in [6, 6.07) is 19.7. The molecule has 3 fully saturated rings. The van der Waals surface area contributed by atoms with Gasteiger partial charge >= 0.3 is 0 Å². The fourth-order valence-electron chi connectivity index (χ4n) is 6.87. The Morgan fingerprint density at radius 1 is 1.02 bits per heavy atom. The lowest BCUT2D eigenvalue weighted by Gasteiger charge is -2.34. The van der Waals surface area contributed by atoms with Crippen molar-refractivity contribution in [3.05, 3.63) is 66.7 Å². The molecule has 3 saturated heterocycles. The number of rotatable bonds is 10. The van der Waals surface area contributed by atoms with Crippen molar-refractivity contribution in [3.8, 4) is 5.75 Å². The molecule has 3 aliphatic rings. The number of nitrogens with zero attached hydrogens (tertiary/aromatic N) is 1. The number of fused-ring (bicyclic) bond motifs is 2. The summed E-state index contributed by atoms with van der Waals surface area (Å²) in [5, 5.41) is 17.4. The highest BCUT2D eigenvalue weighted by Crippen LogP contribution is 2.60. The fourth-order valence-corrected chi connectivity index (χ4v) is 7.81. The number of carbonyl (C=O) groups is 3. The van der Waals surface area contributed by atoms with Gasteiger partial charge in [0.25, 0.3) is 0 Å². The highest BCUT2D eigenvalue weighted by Gasteiger charge is 2.76. The molecule has 6 rings (SSSR count). The van der Waals surface area contributed by atoms with E-state index in [0.717, 1.165) is 10.8 Å². The van der Waals surface area contributed by atoms with E-state index < -0.39 is 29.6 Å². The van der Waals surface area contributed by atoms with Crippen molar-refractivity contribution in [2.75, 3.05) is 30.4 Å². The Kier molecular flexibility index (Phi) is 7.95. The van der Waals surface area contributed by atoms with E-state index in [1.165, 1.54) is 0 Å². The normalized spacial score (nSPS) is 27.7. The minimum atomic E-state index is -1.16. The molecule has 10 heteroatoms. The number of nitrogens with one attached hydrogen (secondary N) is 2. The number of halogens is 1. The van der Waals surface area contributed by atoms with Crippen LogP contribution in [0, 0.1) is 11.8 Å². The van der Waals surface area contributed by atoms with Crippen molar-refractivity contribution >= 4 is 55.8 Å². The van der Waals surface area contributed by atoms with Gasteiger partial charge in [0.1, 0.15) is 17.4 Å². The average Bonchev–Trinajstić information content (AvgIpc) is 3.57. The van der Waals surface area contributed by atoms with E-state index in [4.69, 9.17) is 9.47 Å². The summed E-state index contributed by atoms with van der Waals surface area (Å²) in [6.07, 6.45) is 0.881. The van der Waals surface area contributed by atoms with Gasteiger partial charge in [-0.15, -0.1) is 0 Å². The molecule has 3 amide bonds. The number of anilines is 2. The summed E-state index contributed by atoms with van der Waals surface area (Å²) in [6.45, 7) is 2.70. The molecule has 3 aliphatic heterocycles. The summed E-state index contributed by atoms with van der Waals surface area (Å²) in [5.74, 6) is -1.82. The maximum Gasteiger partial charge on any atom is 0.250 e. The Morgan fingerprint density at radius 3 is 2.48 bits per heavy atom. The summed E-state index contributed by atoms with van der Waals surface area (Å²) < 4.78 is 12.1. The molecule has 0 aromatic heterocycles. The number of alkyl halides is 1. The molecular formula is C32H34BrN3O6. The topological polar surface area (TPSA) is 117 Å². The molecule has 42 heavy (non-hydrogen) atoms. The quantitative estimate of drug-likeness (QED) is 0.225. The van der Waals surface area contributed by atoms with Crippen molar-refractivity contribution in [2.24, 2.45) is 11.8 Å². The maximum atomic E-state index is 14.1. The first-order chi connectivity index (χ1) is 20.4. The first-order valence-electron chi connectivity index (χ1n) is 14.4. The molecule has 3 N–H and O–H groups in total. The minimum Gasteiger partial charge on any atom is -0.494 e.